The molecule has 1 N–H and O–H groups in total. The highest BCUT2D eigenvalue weighted by atomic mass is 32.1. The van der Waals surface area contributed by atoms with Gasteiger partial charge in [-0.1, -0.05) is 6.07 Å². The maximum absolute atomic E-state index is 12.6. The van der Waals surface area contributed by atoms with Gasteiger partial charge in [0, 0.05) is 44.0 Å². The van der Waals surface area contributed by atoms with Crippen LogP contribution in [0.2, 0.25) is 0 Å². The van der Waals surface area contributed by atoms with E-state index in [1.165, 1.54) is 4.88 Å². The molecule has 2 aliphatic heterocycles. The van der Waals surface area contributed by atoms with Crippen molar-refractivity contribution in [2.45, 2.75) is 38.9 Å². The average Bonchev–Trinajstić information content (AvgIpc) is 3.23. The number of urea groups is 1. The molecule has 0 bridgehead atoms. The minimum atomic E-state index is 0.0565. The van der Waals surface area contributed by atoms with Gasteiger partial charge in [-0.3, -0.25) is 4.90 Å². The van der Waals surface area contributed by atoms with Gasteiger partial charge in [0.1, 0.15) is 11.6 Å². The van der Waals surface area contributed by atoms with E-state index in [0.717, 1.165) is 63.8 Å². The van der Waals surface area contributed by atoms with E-state index in [0.29, 0.717) is 0 Å². The van der Waals surface area contributed by atoms with Gasteiger partial charge in [0.05, 0.1) is 12.6 Å². The molecule has 2 amide bonds. The van der Waals surface area contributed by atoms with E-state index in [1.807, 2.05) is 16.5 Å². The van der Waals surface area contributed by atoms with Gasteiger partial charge in [-0.2, -0.15) is 5.10 Å². The summed E-state index contributed by atoms with van der Waals surface area (Å²) in [7, 11) is 0. The molecule has 1 unspecified atom stereocenters. The van der Waals surface area contributed by atoms with Crippen molar-refractivity contribution in [3.63, 3.8) is 0 Å². The predicted molar refractivity (Wildman–Crippen MR) is 96.6 cm³/mol. The highest BCUT2D eigenvalue weighted by Gasteiger charge is 2.26. The molecule has 0 radical (unpaired) electrons. The highest BCUT2D eigenvalue weighted by Crippen LogP contribution is 2.15. The lowest BCUT2D eigenvalue weighted by Crippen LogP contribution is -2.54. The Balaban J connectivity index is 1.25. The van der Waals surface area contributed by atoms with Crippen molar-refractivity contribution in [1.82, 2.24) is 29.9 Å². The van der Waals surface area contributed by atoms with E-state index in [2.05, 4.69) is 37.8 Å². The van der Waals surface area contributed by atoms with Crippen molar-refractivity contribution in [2.75, 3.05) is 26.2 Å². The van der Waals surface area contributed by atoms with E-state index < -0.39 is 0 Å². The van der Waals surface area contributed by atoms with Crippen molar-refractivity contribution in [3.8, 4) is 0 Å². The topological polar surface area (TPSA) is 66.3 Å². The summed E-state index contributed by atoms with van der Waals surface area (Å²) in [6, 6.07) is 4.47. The molecule has 0 aliphatic carbocycles. The molecule has 1 fully saturated rings. The zero-order chi connectivity index (χ0) is 17.2. The van der Waals surface area contributed by atoms with Gasteiger partial charge >= 0.3 is 6.03 Å². The maximum atomic E-state index is 12.6. The number of nitrogens with one attached hydrogen (secondary N) is 1. The standard InChI is InChI=1S/C17H24N6OS/c1-13-18-16-5-4-14(11-23(16)20-13)19-17(24)22-8-6-21(7-9-22)12-15-3-2-10-25-15/h2-3,10,14H,4-9,11-12H2,1H3,(H,19,24). The molecule has 4 rings (SSSR count). The number of hydrogen-bond acceptors (Lipinski definition) is 5. The van der Waals surface area contributed by atoms with Crippen LogP contribution in [-0.2, 0) is 19.5 Å². The number of hydrogen-bond donors (Lipinski definition) is 1. The highest BCUT2D eigenvalue weighted by molar-refractivity contribution is 7.09. The summed E-state index contributed by atoms with van der Waals surface area (Å²) in [6.45, 7) is 7.07. The summed E-state index contributed by atoms with van der Waals surface area (Å²) in [5, 5.41) is 9.70. The van der Waals surface area contributed by atoms with Gasteiger partial charge in [0.2, 0.25) is 0 Å². The summed E-state index contributed by atoms with van der Waals surface area (Å²) < 4.78 is 1.93. The normalized spacial score (nSPS) is 21.2. The number of fused-ring (bicyclic) bond motifs is 1. The molecule has 134 valence electrons. The molecule has 1 saturated heterocycles. The summed E-state index contributed by atoms with van der Waals surface area (Å²) in [5.74, 6) is 1.84. The van der Waals surface area contributed by atoms with Gasteiger partial charge in [-0.25, -0.2) is 14.5 Å². The van der Waals surface area contributed by atoms with E-state index in [4.69, 9.17) is 0 Å². The van der Waals surface area contributed by atoms with Gasteiger partial charge in [-0.05, 0) is 24.8 Å². The van der Waals surface area contributed by atoms with Crippen molar-refractivity contribution in [2.24, 2.45) is 0 Å². The van der Waals surface area contributed by atoms with Gasteiger partial charge < -0.3 is 10.2 Å². The number of amides is 2. The fourth-order valence-electron chi connectivity index (χ4n) is 3.55. The number of carbonyl (C=O) groups excluding carboxylic acids is 1. The smallest absolute Gasteiger partial charge is 0.317 e. The zero-order valence-electron chi connectivity index (χ0n) is 14.5. The minimum absolute atomic E-state index is 0.0565. The van der Waals surface area contributed by atoms with Crippen LogP contribution in [0.4, 0.5) is 4.79 Å². The van der Waals surface area contributed by atoms with E-state index in [9.17, 15) is 4.79 Å². The molecule has 1 atom stereocenters. The first-order valence-corrected chi connectivity index (χ1v) is 9.76. The Morgan fingerprint density at radius 3 is 2.96 bits per heavy atom. The first-order chi connectivity index (χ1) is 12.2. The number of piperazine rings is 1. The van der Waals surface area contributed by atoms with Crippen LogP contribution < -0.4 is 5.32 Å². The average molecular weight is 360 g/mol. The van der Waals surface area contributed by atoms with E-state index >= 15 is 0 Å². The van der Waals surface area contributed by atoms with Crippen LogP contribution in [0.15, 0.2) is 17.5 Å². The summed E-state index contributed by atoms with van der Waals surface area (Å²) in [5.41, 5.74) is 0. The second kappa shape index (κ2) is 7.13. The number of carbonyl (C=O) groups is 1. The molecular weight excluding hydrogens is 336 g/mol. The fraction of sp³-hybridized carbons (Fsp3) is 0.588. The Morgan fingerprint density at radius 2 is 2.20 bits per heavy atom. The van der Waals surface area contributed by atoms with Crippen LogP contribution in [0.25, 0.3) is 0 Å². The third-order valence-electron chi connectivity index (χ3n) is 4.91. The van der Waals surface area contributed by atoms with Crippen LogP contribution >= 0.6 is 11.3 Å². The van der Waals surface area contributed by atoms with Crippen molar-refractivity contribution in [3.05, 3.63) is 34.0 Å². The maximum Gasteiger partial charge on any atom is 0.317 e. The molecule has 25 heavy (non-hydrogen) atoms. The molecule has 0 spiro atoms. The van der Waals surface area contributed by atoms with E-state index in [-0.39, 0.29) is 12.1 Å². The van der Waals surface area contributed by atoms with Crippen LogP contribution in [0.3, 0.4) is 0 Å². The first-order valence-electron chi connectivity index (χ1n) is 8.88. The van der Waals surface area contributed by atoms with Crippen molar-refractivity contribution in [1.29, 1.82) is 0 Å². The Morgan fingerprint density at radius 1 is 1.36 bits per heavy atom. The molecular formula is C17H24N6OS. The number of thiophene rings is 1. The third kappa shape index (κ3) is 3.85. The number of rotatable bonds is 3. The van der Waals surface area contributed by atoms with Crippen LogP contribution in [0.1, 0.15) is 22.9 Å². The Hall–Kier alpha value is -1.93. The molecule has 0 aromatic carbocycles. The second-order valence-electron chi connectivity index (χ2n) is 6.79. The molecule has 0 saturated carbocycles. The minimum Gasteiger partial charge on any atom is -0.333 e. The van der Waals surface area contributed by atoms with Gasteiger partial charge in [-0.15, -0.1) is 11.3 Å². The summed E-state index contributed by atoms with van der Waals surface area (Å²) >= 11 is 1.80. The molecule has 2 aliphatic rings. The quantitative estimate of drug-likeness (QED) is 0.901. The number of nitrogens with zero attached hydrogens (tertiary/aromatic N) is 5. The van der Waals surface area contributed by atoms with E-state index in [1.54, 1.807) is 11.3 Å². The Labute approximate surface area is 151 Å². The van der Waals surface area contributed by atoms with Crippen LogP contribution in [0.5, 0.6) is 0 Å². The fourth-order valence-corrected chi connectivity index (χ4v) is 4.30. The van der Waals surface area contributed by atoms with Gasteiger partial charge in [0.25, 0.3) is 0 Å². The van der Waals surface area contributed by atoms with Crippen LogP contribution in [0, 0.1) is 6.92 Å². The van der Waals surface area contributed by atoms with Gasteiger partial charge in [0.15, 0.2) is 0 Å². The SMILES string of the molecule is Cc1nc2n(n1)CC(NC(=O)N1CCN(Cc3cccs3)CC1)CC2. The second-order valence-corrected chi connectivity index (χ2v) is 7.82. The predicted octanol–water partition coefficient (Wildman–Crippen LogP) is 1.49. The summed E-state index contributed by atoms with van der Waals surface area (Å²) in [6.07, 6.45) is 1.81. The first kappa shape index (κ1) is 16.5. The largest absolute Gasteiger partial charge is 0.333 e. The molecule has 8 heteroatoms. The summed E-state index contributed by atoms with van der Waals surface area (Å²) in [4.78, 5) is 22.7. The molecule has 4 heterocycles. The Bertz CT molecular complexity index is 720. The molecule has 7 nitrogen and oxygen atoms in total. The lowest BCUT2D eigenvalue weighted by atomic mass is 10.1. The monoisotopic (exact) mass is 360 g/mol. The molecule has 2 aromatic rings. The number of aromatic nitrogens is 3. The third-order valence-corrected chi connectivity index (χ3v) is 5.77. The lowest BCUT2D eigenvalue weighted by molar-refractivity contribution is 0.132. The Kier molecular flexibility index (Phi) is 4.72. The molecule has 2 aromatic heterocycles. The van der Waals surface area contributed by atoms with Crippen LogP contribution in [-0.4, -0.2) is 62.8 Å². The van der Waals surface area contributed by atoms with Crippen molar-refractivity contribution >= 4 is 17.4 Å². The number of aryl methyl sites for hydroxylation is 2. The van der Waals surface area contributed by atoms with Crippen molar-refractivity contribution < 1.29 is 4.79 Å². The zero-order valence-corrected chi connectivity index (χ0v) is 15.3. The lowest BCUT2D eigenvalue weighted by Gasteiger charge is -2.35.